The molecule has 1 fully saturated rings. The molecule has 0 aliphatic carbocycles. The summed E-state index contributed by atoms with van der Waals surface area (Å²) < 4.78 is 6.03. The van der Waals surface area contributed by atoms with Crippen molar-refractivity contribution in [2.45, 2.75) is 23.1 Å². The van der Waals surface area contributed by atoms with Gasteiger partial charge in [0.25, 0.3) is 18.3 Å². The number of fused-ring (bicyclic) bond motifs is 1. The molecule has 3 amide bonds. The summed E-state index contributed by atoms with van der Waals surface area (Å²) in [6, 6.07) is -1.05. The minimum atomic E-state index is -1.28. The van der Waals surface area contributed by atoms with Crippen molar-refractivity contribution in [3.05, 3.63) is 35.0 Å². The Balaban J connectivity index is 1.48. The number of amides is 3. The van der Waals surface area contributed by atoms with Crippen LogP contribution in [0.2, 0.25) is 0 Å². The zero-order valence-electron chi connectivity index (χ0n) is 20.9. The zero-order chi connectivity index (χ0) is 29.4. The smallest absolute Gasteiger partial charge is 0.352 e. The van der Waals surface area contributed by atoms with Crippen molar-refractivity contribution in [1.82, 2.24) is 35.4 Å². The van der Waals surface area contributed by atoms with Gasteiger partial charge < -0.3 is 25.3 Å². The first-order chi connectivity index (χ1) is 19.9. The number of carboxylic acid groups (broad SMARTS) is 1. The molecule has 1 unspecified atom stereocenters. The largest absolute Gasteiger partial charge is 0.477 e. The Labute approximate surface area is 243 Å². The number of carbonyl (C=O) groups is 5. The summed E-state index contributed by atoms with van der Waals surface area (Å²) in [4.78, 5) is 69.8. The maximum absolute atomic E-state index is 13.2. The highest BCUT2D eigenvalue weighted by Crippen LogP contribution is 2.41. The Hall–Kier alpha value is -4.30. The Morgan fingerprint density at radius 1 is 1.34 bits per heavy atom. The number of nitrogens with one attached hydrogen (secondary N) is 2. The number of aromatic nitrogens is 5. The monoisotopic (exact) mass is 623 g/mol. The van der Waals surface area contributed by atoms with E-state index in [4.69, 9.17) is 4.84 Å². The second-order valence-electron chi connectivity index (χ2n) is 7.88. The number of allylic oxidation sites excluding steroid dienone is 1. The Bertz CT molecular complexity index is 1410. The molecule has 4 heterocycles. The van der Waals surface area contributed by atoms with Crippen molar-refractivity contribution < 1.29 is 38.7 Å². The summed E-state index contributed by atoms with van der Waals surface area (Å²) in [7, 11) is 0. The first kappa shape index (κ1) is 29.7. The molecule has 0 bridgehead atoms. The van der Waals surface area contributed by atoms with E-state index in [0.717, 1.165) is 16.2 Å². The van der Waals surface area contributed by atoms with Crippen LogP contribution in [0.3, 0.4) is 0 Å². The number of ether oxygens (including phenoxy) is 1. The summed E-state index contributed by atoms with van der Waals surface area (Å²) in [6.07, 6.45) is 2.04. The van der Waals surface area contributed by atoms with Gasteiger partial charge in [-0.3, -0.25) is 24.1 Å². The third-order valence-corrected chi connectivity index (χ3v) is 8.53. The number of tetrazole rings is 1. The van der Waals surface area contributed by atoms with Crippen molar-refractivity contribution in [3.63, 3.8) is 0 Å². The number of thioether (sulfide) groups is 2. The molecule has 3 N–H and O–H groups in total. The molecule has 4 rings (SSSR count). The lowest BCUT2D eigenvalue weighted by Gasteiger charge is -2.49. The van der Waals surface area contributed by atoms with E-state index >= 15 is 0 Å². The fourth-order valence-corrected chi connectivity index (χ4v) is 6.67. The number of aliphatic carboxylic acids is 1. The van der Waals surface area contributed by atoms with Crippen molar-refractivity contribution in [2.75, 3.05) is 30.0 Å². The summed E-state index contributed by atoms with van der Waals surface area (Å²) in [6.45, 7) is 3.96. The van der Waals surface area contributed by atoms with Crippen LogP contribution in [0.5, 0.6) is 0 Å². The lowest BCUT2D eigenvalue weighted by molar-refractivity contribution is -0.150. The molecule has 2 aromatic rings. The molecular formula is C21H21N9O8S3. The topological polar surface area (TPSA) is 220 Å². The molecule has 17 nitrogen and oxygen atoms in total. The fourth-order valence-electron chi connectivity index (χ4n) is 3.64. The number of hydrogen-bond acceptors (Lipinski definition) is 15. The van der Waals surface area contributed by atoms with Crippen LogP contribution in [0.25, 0.3) is 0 Å². The molecule has 0 saturated carbocycles. The van der Waals surface area contributed by atoms with Crippen LogP contribution < -0.4 is 10.6 Å². The van der Waals surface area contributed by atoms with Crippen molar-refractivity contribution in [1.29, 1.82) is 0 Å². The first-order valence-corrected chi connectivity index (χ1v) is 14.4. The molecule has 41 heavy (non-hydrogen) atoms. The van der Waals surface area contributed by atoms with Gasteiger partial charge in [-0.15, -0.1) is 34.8 Å². The van der Waals surface area contributed by atoms with E-state index in [1.807, 2.05) is 0 Å². The van der Waals surface area contributed by atoms with E-state index in [0.29, 0.717) is 23.7 Å². The third kappa shape index (κ3) is 6.72. The van der Waals surface area contributed by atoms with Gasteiger partial charge in [-0.1, -0.05) is 23.0 Å². The second-order valence-corrected chi connectivity index (χ2v) is 10.8. The predicted molar refractivity (Wildman–Crippen MR) is 145 cm³/mol. The lowest BCUT2D eigenvalue weighted by Crippen LogP contribution is -2.71. The number of hydrogen-bond donors (Lipinski definition) is 3. The number of β-lactam (4-membered cyclic amide) rings is 1. The summed E-state index contributed by atoms with van der Waals surface area (Å²) >= 11 is 3.54. The molecule has 0 spiro atoms. The maximum Gasteiger partial charge on any atom is 0.352 e. The number of anilines is 1. The SMILES string of the molecule is C=CCn1nnnc1SCC1=C(C(=O)O)N2C(=O)C(NC(=O)/C(=N\OCCOC=O)c3csc(NC=O)n3)[C@H]2SC1. The number of carbonyl (C=O) groups excluding carboxylic acids is 4. The van der Waals surface area contributed by atoms with Crippen LogP contribution >= 0.6 is 34.9 Å². The van der Waals surface area contributed by atoms with Gasteiger partial charge in [-0.25, -0.2) is 14.5 Å². The molecule has 2 aliphatic heterocycles. The summed E-state index contributed by atoms with van der Waals surface area (Å²) in [5.74, 6) is -2.21. The van der Waals surface area contributed by atoms with Gasteiger partial charge >= 0.3 is 5.97 Å². The maximum atomic E-state index is 13.2. The van der Waals surface area contributed by atoms with Crippen LogP contribution in [-0.2, 0) is 40.1 Å². The number of nitrogens with zero attached hydrogens (tertiary/aromatic N) is 7. The molecule has 1 saturated heterocycles. The van der Waals surface area contributed by atoms with Gasteiger partial charge in [0.15, 0.2) is 17.5 Å². The molecule has 0 aromatic carbocycles. The lowest BCUT2D eigenvalue weighted by atomic mass is 10.0. The summed E-state index contributed by atoms with van der Waals surface area (Å²) in [5, 5.41) is 31.5. The van der Waals surface area contributed by atoms with Crippen LogP contribution in [0, 0.1) is 0 Å². The first-order valence-electron chi connectivity index (χ1n) is 11.5. The average Bonchev–Trinajstić information content (AvgIpc) is 3.61. The predicted octanol–water partition coefficient (Wildman–Crippen LogP) is -0.691. The van der Waals surface area contributed by atoms with Gasteiger partial charge in [0, 0.05) is 16.9 Å². The zero-order valence-corrected chi connectivity index (χ0v) is 23.3. The molecular weight excluding hydrogens is 602 g/mol. The Morgan fingerprint density at radius 3 is 2.90 bits per heavy atom. The summed E-state index contributed by atoms with van der Waals surface area (Å²) in [5.41, 5.74) is 0.0934. The Kier molecular flexibility index (Phi) is 10.0. The third-order valence-electron chi connectivity index (χ3n) is 5.37. The van der Waals surface area contributed by atoms with E-state index in [-0.39, 0.29) is 53.4 Å². The van der Waals surface area contributed by atoms with Crippen molar-refractivity contribution in [2.24, 2.45) is 5.16 Å². The van der Waals surface area contributed by atoms with Crippen molar-refractivity contribution in [3.8, 4) is 0 Å². The van der Waals surface area contributed by atoms with Gasteiger partial charge in [-0.05, 0) is 16.0 Å². The molecule has 20 heteroatoms. The van der Waals surface area contributed by atoms with Crippen LogP contribution in [-0.4, -0.2) is 108 Å². The van der Waals surface area contributed by atoms with E-state index in [1.54, 1.807) is 6.08 Å². The van der Waals surface area contributed by atoms with Gasteiger partial charge in [0.05, 0.1) is 6.54 Å². The molecule has 2 aromatic heterocycles. The normalized spacial score (nSPS) is 18.2. The fraction of sp³-hybridized carbons (Fsp3) is 0.333. The van der Waals surface area contributed by atoms with Crippen LogP contribution in [0.1, 0.15) is 5.69 Å². The highest BCUT2D eigenvalue weighted by molar-refractivity contribution is 8.01. The Morgan fingerprint density at radius 2 is 2.17 bits per heavy atom. The highest BCUT2D eigenvalue weighted by Gasteiger charge is 2.54. The van der Waals surface area contributed by atoms with Crippen LogP contribution in [0.15, 0.2) is 39.6 Å². The molecule has 2 atom stereocenters. The highest BCUT2D eigenvalue weighted by atomic mass is 32.2. The van der Waals surface area contributed by atoms with Gasteiger partial charge in [0.1, 0.15) is 29.4 Å². The van der Waals surface area contributed by atoms with Crippen LogP contribution in [0.4, 0.5) is 5.13 Å². The number of oxime groups is 1. The van der Waals surface area contributed by atoms with E-state index in [2.05, 4.69) is 47.6 Å². The van der Waals surface area contributed by atoms with E-state index < -0.39 is 29.2 Å². The van der Waals surface area contributed by atoms with E-state index in [9.17, 15) is 29.1 Å². The minimum absolute atomic E-state index is 0.0531. The quantitative estimate of drug-likeness (QED) is 0.0401. The second kappa shape index (κ2) is 13.9. The van der Waals surface area contributed by atoms with Gasteiger partial charge in [0.2, 0.25) is 11.6 Å². The van der Waals surface area contributed by atoms with Gasteiger partial charge in [-0.2, -0.15) is 0 Å². The standard InChI is InChI=1S/C21H21N9O8S3/c1-2-3-29-21(25-27-28-29)41-7-11-6-39-18-14(17(34)30(18)15(11)19(35)36)24-16(33)13(26-38-5-4-37-10-32)12-8-40-20(23-12)22-9-31/h2,8-10,14,18H,1,3-7H2,(H,24,33)(H,35,36)(H,22,23,31)/b26-13-/t14?,18-/m1/s1. The van der Waals surface area contributed by atoms with Crippen molar-refractivity contribution >= 4 is 76.4 Å². The number of thiazole rings is 1. The molecule has 2 aliphatic rings. The minimum Gasteiger partial charge on any atom is -0.477 e. The molecule has 216 valence electrons. The number of carboxylic acids is 1. The average molecular weight is 624 g/mol. The van der Waals surface area contributed by atoms with E-state index in [1.165, 1.54) is 33.6 Å². The number of rotatable bonds is 16. The molecule has 0 radical (unpaired) electrons.